The van der Waals surface area contributed by atoms with Crippen LogP contribution in [-0.4, -0.2) is 73.9 Å². The van der Waals surface area contributed by atoms with Gasteiger partial charge in [-0.15, -0.1) is 12.4 Å². The zero-order valence-electron chi connectivity index (χ0n) is 14.9. The standard InChI is InChI=1S/C17H25N5O2.ClH/c1-21(2)10-11-23-15-7-5-4-6-13(15)17-19-16(20-24-17)14-12-18-8-9-22(14)3;/h4-7,14,18H,8-12H2,1-3H3;1H. The number of ether oxygens (including phenoxy) is 1. The van der Waals surface area contributed by atoms with Crippen LogP contribution in [0.4, 0.5) is 0 Å². The molecule has 7 nitrogen and oxygen atoms in total. The van der Waals surface area contributed by atoms with E-state index < -0.39 is 0 Å². The molecule has 0 bridgehead atoms. The van der Waals surface area contributed by atoms with E-state index in [-0.39, 0.29) is 18.4 Å². The van der Waals surface area contributed by atoms with Crippen LogP contribution in [-0.2, 0) is 0 Å². The van der Waals surface area contributed by atoms with Crippen molar-refractivity contribution in [3.63, 3.8) is 0 Å². The summed E-state index contributed by atoms with van der Waals surface area (Å²) < 4.78 is 11.4. The summed E-state index contributed by atoms with van der Waals surface area (Å²) in [5.41, 5.74) is 0.835. The summed E-state index contributed by atoms with van der Waals surface area (Å²) in [4.78, 5) is 8.93. The SMILES string of the molecule is CN(C)CCOc1ccccc1-c1nc(C2CNCCN2C)no1.Cl. The van der Waals surface area contributed by atoms with Gasteiger partial charge in [-0.1, -0.05) is 17.3 Å². The molecule has 25 heavy (non-hydrogen) atoms. The minimum Gasteiger partial charge on any atom is -0.491 e. The lowest BCUT2D eigenvalue weighted by atomic mass is 10.2. The number of aromatic nitrogens is 2. The number of halogens is 1. The van der Waals surface area contributed by atoms with Crippen molar-refractivity contribution in [2.45, 2.75) is 6.04 Å². The molecule has 138 valence electrons. The van der Waals surface area contributed by atoms with Crippen molar-refractivity contribution in [2.24, 2.45) is 0 Å². The Labute approximate surface area is 154 Å². The number of piperazine rings is 1. The third kappa shape index (κ3) is 4.92. The van der Waals surface area contributed by atoms with Crippen LogP contribution in [0.25, 0.3) is 11.5 Å². The van der Waals surface area contributed by atoms with E-state index in [0.717, 1.165) is 37.5 Å². The van der Waals surface area contributed by atoms with E-state index in [2.05, 4.69) is 32.3 Å². The van der Waals surface area contributed by atoms with Crippen molar-refractivity contribution in [3.8, 4) is 17.2 Å². The number of hydrogen-bond donors (Lipinski definition) is 1. The molecular formula is C17H26ClN5O2. The monoisotopic (exact) mass is 367 g/mol. The number of likely N-dealkylation sites (N-methyl/N-ethyl adjacent to an activating group) is 2. The lowest BCUT2D eigenvalue weighted by Crippen LogP contribution is -2.44. The van der Waals surface area contributed by atoms with Gasteiger partial charge in [0.1, 0.15) is 12.4 Å². The van der Waals surface area contributed by atoms with E-state index in [0.29, 0.717) is 18.3 Å². The number of nitrogens with one attached hydrogen (secondary N) is 1. The van der Waals surface area contributed by atoms with Gasteiger partial charge in [0.2, 0.25) is 0 Å². The highest BCUT2D eigenvalue weighted by molar-refractivity contribution is 5.85. The highest BCUT2D eigenvalue weighted by Crippen LogP contribution is 2.30. The van der Waals surface area contributed by atoms with Crippen LogP contribution in [0.5, 0.6) is 5.75 Å². The minimum atomic E-state index is 0. The zero-order valence-corrected chi connectivity index (χ0v) is 15.8. The summed E-state index contributed by atoms with van der Waals surface area (Å²) in [7, 11) is 6.13. The van der Waals surface area contributed by atoms with Crippen molar-refractivity contribution in [1.82, 2.24) is 25.3 Å². The molecule has 1 saturated heterocycles. The van der Waals surface area contributed by atoms with Gasteiger partial charge in [0.05, 0.1) is 11.6 Å². The summed E-state index contributed by atoms with van der Waals surface area (Å²) in [6.45, 7) is 4.25. The molecule has 0 spiro atoms. The second-order valence-electron chi connectivity index (χ2n) is 6.31. The molecule has 0 saturated carbocycles. The van der Waals surface area contributed by atoms with E-state index in [1.807, 2.05) is 38.4 Å². The molecule has 1 aromatic heterocycles. The van der Waals surface area contributed by atoms with Crippen molar-refractivity contribution in [3.05, 3.63) is 30.1 Å². The Morgan fingerprint density at radius 1 is 1.36 bits per heavy atom. The van der Waals surface area contributed by atoms with Crippen molar-refractivity contribution < 1.29 is 9.26 Å². The average Bonchev–Trinajstić information content (AvgIpc) is 3.05. The van der Waals surface area contributed by atoms with Gasteiger partial charge in [-0.25, -0.2) is 0 Å². The summed E-state index contributed by atoms with van der Waals surface area (Å²) in [6, 6.07) is 7.92. The van der Waals surface area contributed by atoms with Crippen LogP contribution in [0.2, 0.25) is 0 Å². The molecule has 0 radical (unpaired) electrons. The summed E-state index contributed by atoms with van der Waals surface area (Å²) in [5, 5.41) is 7.55. The lowest BCUT2D eigenvalue weighted by molar-refractivity contribution is 0.190. The van der Waals surface area contributed by atoms with Crippen molar-refractivity contribution in [2.75, 3.05) is 53.9 Å². The molecule has 1 aromatic carbocycles. The number of rotatable bonds is 6. The van der Waals surface area contributed by atoms with E-state index >= 15 is 0 Å². The Hall–Kier alpha value is -1.67. The maximum absolute atomic E-state index is 5.89. The van der Waals surface area contributed by atoms with Crippen molar-refractivity contribution >= 4 is 12.4 Å². The second-order valence-corrected chi connectivity index (χ2v) is 6.31. The Bertz CT molecular complexity index is 664. The summed E-state index contributed by atoms with van der Waals surface area (Å²) >= 11 is 0. The van der Waals surface area contributed by atoms with Crippen LogP contribution >= 0.6 is 12.4 Å². The molecule has 1 N–H and O–H groups in total. The molecule has 8 heteroatoms. The van der Waals surface area contributed by atoms with Gasteiger partial charge in [-0.05, 0) is 33.3 Å². The third-order valence-corrected chi connectivity index (χ3v) is 4.16. The first kappa shape index (κ1) is 19.7. The van der Waals surface area contributed by atoms with Gasteiger partial charge in [-0.3, -0.25) is 4.90 Å². The van der Waals surface area contributed by atoms with Crippen LogP contribution in [0.3, 0.4) is 0 Å². The maximum atomic E-state index is 5.89. The van der Waals surface area contributed by atoms with Crippen LogP contribution in [0.15, 0.2) is 28.8 Å². The Balaban J connectivity index is 0.00000225. The molecule has 2 heterocycles. The molecule has 1 fully saturated rings. The van der Waals surface area contributed by atoms with E-state index in [4.69, 9.17) is 9.26 Å². The number of nitrogens with zero attached hydrogens (tertiary/aromatic N) is 4. The Kier molecular flexibility index (Phi) is 7.19. The smallest absolute Gasteiger partial charge is 0.261 e. The van der Waals surface area contributed by atoms with Crippen LogP contribution in [0, 0.1) is 0 Å². The van der Waals surface area contributed by atoms with Gasteiger partial charge >= 0.3 is 0 Å². The fraction of sp³-hybridized carbons (Fsp3) is 0.529. The van der Waals surface area contributed by atoms with Crippen molar-refractivity contribution in [1.29, 1.82) is 0 Å². The number of benzene rings is 1. The predicted molar refractivity (Wildman–Crippen MR) is 99.3 cm³/mol. The number of para-hydroxylation sites is 1. The highest BCUT2D eigenvalue weighted by atomic mass is 35.5. The number of hydrogen-bond acceptors (Lipinski definition) is 7. The first-order chi connectivity index (χ1) is 11.6. The Morgan fingerprint density at radius 2 is 2.16 bits per heavy atom. The second kappa shape index (κ2) is 9.15. The third-order valence-electron chi connectivity index (χ3n) is 4.16. The molecule has 1 atom stereocenters. The van der Waals surface area contributed by atoms with Gasteiger partial charge in [0, 0.05) is 26.2 Å². The lowest BCUT2D eigenvalue weighted by Gasteiger charge is -2.30. The fourth-order valence-electron chi connectivity index (χ4n) is 2.68. The molecule has 0 amide bonds. The van der Waals surface area contributed by atoms with Crippen LogP contribution < -0.4 is 10.1 Å². The zero-order chi connectivity index (χ0) is 16.9. The van der Waals surface area contributed by atoms with Gasteiger partial charge in [0.25, 0.3) is 5.89 Å². The molecule has 1 aliphatic rings. The van der Waals surface area contributed by atoms with E-state index in [1.165, 1.54) is 0 Å². The molecular weight excluding hydrogens is 342 g/mol. The minimum absolute atomic E-state index is 0. The van der Waals surface area contributed by atoms with Gasteiger partial charge < -0.3 is 19.5 Å². The molecule has 1 aliphatic heterocycles. The predicted octanol–water partition coefficient (Wildman–Crippen LogP) is 1.67. The van der Waals surface area contributed by atoms with E-state index in [1.54, 1.807) is 0 Å². The quantitative estimate of drug-likeness (QED) is 0.833. The topological polar surface area (TPSA) is 66.7 Å². The molecule has 1 unspecified atom stereocenters. The maximum Gasteiger partial charge on any atom is 0.261 e. The van der Waals surface area contributed by atoms with Gasteiger partial charge in [-0.2, -0.15) is 4.98 Å². The fourth-order valence-corrected chi connectivity index (χ4v) is 2.68. The molecule has 3 rings (SSSR count). The molecule has 2 aromatic rings. The van der Waals surface area contributed by atoms with E-state index in [9.17, 15) is 0 Å². The first-order valence-electron chi connectivity index (χ1n) is 8.26. The Morgan fingerprint density at radius 3 is 2.92 bits per heavy atom. The molecule has 0 aliphatic carbocycles. The highest BCUT2D eigenvalue weighted by Gasteiger charge is 2.26. The van der Waals surface area contributed by atoms with Crippen LogP contribution in [0.1, 0.15) is 11.9 Å². The van der Waals surface area contributed by atoms with Gasteiger partial charge in [0.15, 0.2) is 5.82 Å². The average molecular weight is 368 g/mol. The normalized spacial score (nSPS) is 18.2. The summed E-state index contributed by atoms with van der Waals surface area (Å²) in [5.74, 6) is 1.98. The first-order valence-corrected chi connectivity index (χ1v) is 8.26. The largest absolute Gasteiger partial charge is 0.491 e. The summed E-state index contributed by atoms with van der Waals surface area (Å²) in [6.07, 6.45) is 0.